The Morgan fingerprint density at radius 2 is 1.84 bits per heavy atom. The predicted octanol–water partition coefficient (Wildman–Crippen LogP) is 2.78. The molecular formula is C18H21FN2O3S. The van der Waals surface area contributed by atoms with Crippen molar-refractivity contribution in [2.24, 2.45) is 0 Å². The molecule has 0 aliphatic heterocycles. The first kappa shape index (κ1) is 18.9. The molecule has 0 saturated carbocycles. The van der Waals surface area contributed by atoms with E-state index in [0.29, 0.717) is 5.69 Å². The molecule has 0 saturated heterocycles. The number of benzene rings is 2. The maximum atomic E-state index is 13.0. The molecule has 0 aliphatic rings. The molecule has 7 heteroatoms. The summed E-state index contributed by atoms with van der Waals surface area (Å²) < 4.78 is 38.2. The molecular weight excluding hydrogens is 343 g/mol. The second-order valence-electron chi connectivity index (χ2n) is 5.95. The van der Waals surface area contributed by atoms with Gasteiger partial charge >= 0.3 is 0 Å². The van der Waals surface area contributed by atoms with Crippen molar-refractivity contribution in [2.45, 2.75) is 19.9 Å². The maximum Gasteiger partial charge on any atom is 0.241 e. The summed E-state index contributed by atoms with van der Waals surface area (Å²) in [6.07, 6.45) is 1.06. The van der Waals surface area contributed by atoms with E-state index in [-0.39, 0.29) is 18.4 Å². The van der Waals surface area contributed by atoms with E-state index in [1.807, 2.05) is 13.0 Å². The lowest BCUT2D eigenvalue weighted by Crippen LogP contribution is -2.41. The number of carbonyl (C=O) groups excluding carboxylic acids is 1. The van der Waals surface area contributed by atoms with Crippen molar-refractivity contribution in [1.29, 1.82) is 0 Å². The van der Waals surface area contributed by atoms with Gasteiger partial charge in [-0.3, -0.25) is 9.10 Å². The maximum absolute atomic E-state index is 13.0. The van der Waals surface area contributed by atoms with E-state index in [4.69, 9.17) is 0 Å². The third kappa shape index (κ3) is 5.29. The molecule has 2 aromatic carbocycles. The van der Waals surface area contributed by atoms with Gasteiger partial charge in [0, 0.05) is 0 Å². The fourth-order valence-electron chi connectivity index (χ4n) is 2.44. The summed E-state index contributed by atoms with van der Waals surface area (Å²) in [4.78, 5) is 12.3. The summed E-state index contributed by atoms with van der Waals surface area (Å²) in [7, 11) is -3.61. The van der Waals surface area contributed by atoms with E-state index in [1.165, 1.54) is 12.1 Å². The Kier molecular flexibility index (Phi) is 5.79. The number of halogens is 1. The highest BCUT2D eigenvalue weighted by atomic mass is 32.2. The Balaban J connectivity index is 2.13. The molecule has 0 aromatic heterocycles. The van der Waals surface area contributed by atoms with Gasteiger partial charge in [0.2, 0.25) is 15.9 Å². The summed E-state index contributed by atoms with van der Waals surface area (Å²) in [5, 5.41) is 2.74. The van der Waals surface area contributed by atoms with Crippen LogP contribution in [0.2, 0.25) is 0 Å². The SMILES string of the molecule is Cc1cccc(N(CC(=O)N[C@H](C)c2ccc(F)cc2)S(C)(=O)=O)c1. The molecule has 1 N–H and O–H groups in total. The number of anilines is 1. The molecule has 0 spiro atoms. The Bertz CT molecular complexity index is 851. The van der Waals surface area contributed by atoms with Gasteiger partial charge in [-0.1, -0.05) is 24.3 Å². The zero-order valence-electron chi connectivity index (χ0n) is 14.4. The van der Waals surface area contributed by atoms with Crippen LogP contribution >= 0.6 is 0 Å². The second-order valence-corrected chi connectivity index (χ2v) is 7.86. The smallest absolute Gasteiger partial charge is 0.241 e. The van der Waals surface area contributed by atoms with Crippen LogP contribution in [0.15, 0.2) is 48.5 Å². The lowest BCUT2D eigenvalue weighted by molar-refractivity contribution is -0.120. The zero-order valence-corrected chi connectivity index (χ0v) is 15.2. The van der Waals surface area contributed by atoms with Gasteiger partial charge in [0.05, 0.1) is 18.0 Å². The van der Waals surface area contributed by atoms with Gasteiger partial charge < -0.3 is 5.32 Å². The standard InChI is InChI=1S/C18H21FN2O3S/c1-13-5-4-6-17(11-13)21(25(3,23)24)12-18(22)20-14(2)15-7-9-16(19)10-8-15/h4-11,14H,12H2,1-3H3,(H,20,22)/t14-/m1/s1. The molecule has 2 aromatic rings. The van der Waals surface area contributed by atoms with Gasteiger partial charge in [-0.25, -0.2) is 12.8 Å². The topological polar surface area (TPSA) is 66.5 Å². The number of rotatable bonds is 6. The Hall–Kier alpha value is -2.41. The van der Waals surface area contributed by atoms with Crippen molar-refractivity contribution < 1.29 is 17.6 Å². The first-order valence-electron chi connectivity index (χ1n) is 7.76. The van der Waals surface area contributed by atoms with Gasteiger partial charge in [-0.05, 0) is 49.2 Å². The number of hydrogen-bond acceptors (Lipinski definition) is 3. The average molecular weight is 364 g/mol. The predicted molar refractivity (Wildman–Crippen MR) is 96.3 cm³/mol. The summed E-state index contributed by atoms with van der Waals surface area (Å²) in [5.41, 5.74) is 2.06. The van der Waals surface area contributed by atoms with Crippen LogP contribution in [0.4, 0.5) is 10.1 Å². The average Bonchev–Trinajstić information content (AvgIpc) is 2.52. The molecule has 0 bridgehead atoms. The molecule has 0 fully saturated rings. The molecule has 0 heterocycles. The summed E-state index contributed by atoms with van der Waals surface area (Å²) >= 11 is 0. The van der Waals surface area contributed by atoms with Crippen LogP contribution in [0, 0.1) is 12.7 Å². The number of nitrogens with one attached hydrogen (secondary N) is 1. The molecule has 0 aliphatic carbocycles. The van der Waals surface area contributed by atoms with Crippen LogP contribution in [0.3, 0.4) is 0 Å². The minimum Gasteiger partial charge on any atom is -0.348 e. The van der Waals surface area contributed by atoms with Gasteiger partial charge in [-0.15, -0.1) is 0 Å². The van der Waals surface area contributed by atoms with Crippen LogP contribution in [0.1, 0.15) is 24.1 Å². The zero-order chi connectivity index (χ0) is 18.6. The molecule has 0 radical (unpaired) electrons. The largest absolute Gasteiger partial charge is 0.348 e. The van der Waals surface area contributed by atoms with Crippen molar-refractivity contribution in [3.05, 3.63) is 65.5 Å². The number of sulfonamides is 1. The number of aryl methyl sites for hydroxylation is 1. The van der Waals surface area contributed by atoms with E-state index in [9.17, 15) is 17.6 Å². The van der Waals surface area contributed by atoms with Crippen LogP contribution in [0.25, 0.3) is 0 Å². The Morgan fingerprint density at radius 1 is 1.20 bits per heavy atom. The van der Waals surface area contributed by atoms with Crippen molar-refractivity contribution in [3.63, 3.8) is 0 Å². The number of nitrogens with zero attached hydrogens (tertiary/aromatic N) is 1. The monoisotopic (exact) mass is 364 g/mol. The van der Waals surface area contributed by atoms with Crippen molar-refractivity contribution in [1.82, 2.24) is 5.32 Å². The third-order valence-corrected chi connectivity index (χ3v) is 4.87. The van der Waals surface area contributed by atoms with E-state index in [2.05, 4.69) is 5.32 Å². The summed E-state index contributed by atoms with van der Waals surface area (Å²) in [5.74, 6) is -0.797. The molecule has 1 atom stereocenters. The number of amides is 1. The minimum absolute atomic E-state index is 0.326. The lowest BCUT2D eigenvalue weighted by atomic mass is 10.1. The quantitative estimate of drug-likeness (QED) is 0.857. The fraction of sp³-hybridized carbons (Fsp3) is 0.278. The van der Waals surface area contributed by atoms with Gasteiger partial charge in [0.25, 0.3) is 0 Å². The molecule has 1 amide bonds. The Morgan fingerprint density at radius 3 is 2.40 bits per heavy atom. The normalized spacial score (nSPS) is 12.5. The lowest BCUT2D eigenvalue weighted by Gasteiger charge is -2.23. The number of hydrogen-bond donors (Lipinski definition) is 1. The highest BCUT2D eigenvalue weighted by Gasteiger charge is 2.22. The van der Waals surface area contributed by atoms with E-state index in [1.54, 1.807) is 37.3 Å². The molecule has 5 nitrogen and oxygen atoms in total. The van der Waals surface area contributed by atoms with Crippen LogP contribution in [-0.2, 0) is 14.8 Å². The van der Waals surface area contributed by atoms with Crippen molar-refractivity contribution >= 4 is 21.6 Å². The van der Waals surface area contributed by atoms with Crippen molar-refractivity contribution in [2.75, 3.05) is 17.1 Å². The first-order chi connectivity index (χ1) is 11.7. The Labute approximate surface area is 147 Å². The summed E-state index contributed by atoms with van der Waals surface area (Å²) in [6, 6.07) is 12.4. The molecule has 2 rings (SSSR count). The third-order valence-electron chi connectivity index (χ3n) is 3.72. The second kappa shape index (κ2) is 7.65. The molecule has 0 unspecified atom stereocenters. The van der Waals surface area contributed by atoms with Crippen LogP contribution in [0.5, 0.6) is 0 Å². The molecule has 134 valence electrons. The first-order valence-corrected chi connectivity index (χ1v) is 9.61. The fourth-order valence-corrected chi connectivity index (χ4v) is 3.28. The van der Waals surface area contributed by atoms with E-state index < -0.39 is 15.9 Å². The van der Waals surface area contributed by atoms with E-state index in [0.717, 1.165) is 21.7 Å². The number of carbonyl (C=O) groups is 1. The summed E-state index contributed by atoms with van der Waals surface area (Å²) in [6.45, 7) is 3.27. The van der Waals surface area contributed by atoms with Gasteiger partial charge in [0.1, 0.15) is 12.4 Å². The van der Waals surface area contributed by atoms with E-state index >= 15 is 0 Å². The van der Waals surface area contributed by atoms with Crippen LogP contribution < -0.4 is 9.62 Å². The van der Waals surface area contributed by atoms with Gasteiger partial charge in [0.15, 0.2) is 0 Å². The van der Waals surface area contributed by atoms with Gasteiger partial charge in [-0.2, -0.15) is 0 Å². The highest BCUT2D eigenvalue weighted by Crippen LogP contribution is 2.19. The van der Waals surface area contributed by atoms with Crippen molar-refractivity contribution in [3.8, 4) is 0 Å². The highest BCUT2D eigenvalue weighted by molar-refractivity contribution is 7.92. The van der Waals surface area contributed by atoms with Crippen LogP contribution in [-0.4, -0.2) is 27.1 Å². The minimum atomic E-state index is -3.61. The molecule has 25 heavy (non-hydrogen) atoms.